The summed E-state index contributed by atoms with van der Waals surface area (Å²) in [7, 11) is 3.55. The van der Waals surface area contributed by atoms with Crippen molar-refractivity contribution >= 4 is 11.9 Å². The summed E-state index contributed by atoms with van der Waals surface area (Å²) in [5, 5.41) is 7.04. The number of hydrogen-bond donors (Lipinski definition) is 2. The fourth-order valence-corrected chi connectivity index (χ4v) is 3.93. The molecule has 2 fully saturated rings. The summed E-state index contributed by atoms with van der Waals surface area (Å²) in [5.41, 5.74) is 0. The van der Waals surface area contributed by atoms with E-state index in [0.29, 0.717) is 12.1 Å². The molecule has 27 heavy (non-hydrogen) atoms. The van der Waals surface area contributed by atoms with Gasteiger partial charge in [-0.25, -0.2) is 4.99 Å². The number of amides is 1. The molecule has 0 spiro atoms. The van der Waals surface area contributed by atoms with Crippen molar-refractivity contribution in [3.63, 3.8) is 0 Å². The van der Waals surface area contributed by atoms with Crippen LogP contribution in [-0.4, -0.2) is 73.5 Å². The Morgan fingerprint density at radius 2 is 1.78 bits per heavy atom. The number of guanidine groups is 1. The number of piperidine rings is 1. The molecule has 1 atom stereocenters. The minimum Gasteiger partial charge on any atom is -0.354 e. The molecule has 6 nitrogen and oxygen atoms in total. The van der Waals surface area contributed by atoms with E-state index >= 15 is 0 Å². The minimum atomic E-state index is 0.0308. The third-order valence-corrected chi connectivity index (χ3v) is 6.24. The number of hydrogen-bond acceptors (Lipinski definition) is 3. The van der Waals surface area contributed by atoms with Crippen molar-refractivity contribution in [3.05, 3.63) is 0 Å². The van der Waals surface area contributed by atoms with Crippen molar-refractivity contribution in [3.8, 4) is 0 Å². The molecule has 156 valence electrons. The molecule has 2 aliphatic rings. The van der Waals surface area contributed by atoms with Crippen LogP contribution in [0.25, 0.3) is 0 Å². The molecule has 1 heterocycles. The van der Waals surface area contributed by atoms with Crippen LogP contribution in [0.1, 0.15) is 65.7 Å². The summed E-state index contributed by atoms with van der Waals surface area (Å²) in [6, 6.07) is 1.56. The Kier molecular flexibility index (Phi) is 8.87. The van der Waals surface area contributed by atoms with Crippen LogP contribution in [0.15, 0.2) is 4.99 Å². The molecule has 6 heteroatoms. The van der Waals surface area contributed by atoms with E-state index in [1.807, 2.05) is 0 Å². The summed E-state index contributed by atoms with van der Waals surface area (Å²) >= 11 is 0. The van der Waals surface area contributed by atoms with Crippen molar-refractivity contribution in [1.82, 2.24) is 20.4 Å². The molecule has 1 aliphatic carbocycles. The number of nitrogens with zero attached hydrogens (tertiary/aromatic N) is 3. The van der Waals surface area contributed by atoms with Crippen LogP contribution in [0.2, 0.25) is 0 Å². The van der Waals surface area contributed by atoms with Crippen molar-refractivity contribution in [1.29, 1.82) is 0 Å². The van der Waals surface area contributed by atoms with Gasteiger partial charge in [-0.05, 0) is 70.9 Å². The first-order valence-corrected chi connectivity index (χ1v) is 10.9. The lowest BCUT2D eigenvalue weighted by Gasteiger charge is -2.40. The predicted molar refractivity (Wildman–Crippen MR) is 113 cm³/mol. The average molecular weight is 380 g/mol. The summed E-state index contributed by atoms with van der Waals surface area (Å²) in [6.07, 6.45) is 8.63. The quantitative estimate of drug-likeness (QED) is 0.550. The lowest BCUT2D eigenvalue weighted by Crippen LogP contribution is -2.50. The molecule has 0 aromatic rings. The summed E-state index contributed by atoms with van der Waals surface area (Å²) in [6.45, 7) is 9.44. The van der Waals surface area contributed by atoms with Gasteiger partial charge in [0, 0.05) is 32.2 Å². The highest BCUT2D eigenvalue weighted by Gasteiger charge is 2.28. The molecule has 1 saturated carbocycles. The van der Waals surface area contributed by atoms with Gasteiger partial charge in [-0.15, -0.1) is 0 Å². The Hall–Kier alpha value is -1.30. The third kappa shape index (κ3) is 7.32. The van der Waals surface area contributed by atoms with Crippen LogP contribution in [0.3, 0.4) is 0 Å². The van der Waals surface area contributed by atoms with Crippen LogP contribution in [0.4, 0.5) is 0 Å². The lowest BCUT2D eigenvalue weighted by atomic mass is 9.88. The molecular weight excluding hydrogens is 338 g/mol. The highest BCUT2D eigenvalue weighted by molar-refractivity contribution is 5.85. The zero-order chi connectivity index (χ0) is 19.8. The zero-order valence-electron chi connectivity index (χ0n) is 18.1. The van der Waals surface area contributed by atoms with E-state index in [1.165, 1.54) is 51.6 Å². The van der Waals surface area contributed by atoms with Crippen molar-refractivity contribution in [2.24, 2.45) is 10.9 Å². The Balaban J connectivity index is 1.84. The Morgan fingerprint density at radius 1 is 1.15 bits per heavy atom. The lowest BCUT2D eigenvalue weighted by molar-refractivity contribution is -0.127. The first kappa shape index (κ1) is 22.0. The molecule has 0 bridgehead atoms. The van der Waals surface area contributed by atoms with Crippen LogP contribution >= 0.6 is 0 Å². The van der Waals surface area contributed by atoms with E-state index < -0.39 is 0 Å². The standard InChI is InChI=1S/C21H41N5O/c1-6-17(3)23-21(22-15-20(27)25(4)5)24-18-7-9-19(10-8-18)26-13-11-16(2)12-14-26/h16-19H,6-15H2,1-5H3,(H2,22,23,24). The van der Waals surface area contributed by atoms with E-state index in [2.05, 4.69) is 41.3 Å². The first-order valence-electron chi connectivity index (χ1n) is 10.9. The molecule has 1 unspecified atom stereocenters. The number of nitrogens with one attached hydrogen (secondary N) is 2. The average Bonchev–Trinajstić information content (AvgIpc) is 2.66. The molecular formula is C21H41N5O. The zero-order valence-corrected chi connectivity index (χ0v) is 18.1. The van der Waals surface area contributed by atoms with E-state index in [-0.39, 0.29) is 12.5 Å². The van der Waals surface area contributed by atoms with Crippen LogP contribution in [0, 0.1) is 5.92 Å². The fourth-order valence-electron chi connectivity index (χ4n) is 3.93. The summed E-state index contributed by atoms with van der Waals surface area (Å²) in [5.74, 6) is 1.72. The molecule has 1 saturated heterocycles. The number of rotatable bonds is 6. The van der Waals surface area contributed by atoms with Gasteiger partial charge in [-0.1, -0.05) is 13.8 Å². The molecule has 1 aliphatic heterocycles. The number of likely N-dealkylation sites (tertiary alicyclic amines) is 1. The summed E-state index contributed by atoms with van der Waals surface area (Å²) < 4.78 is 0. The van der Waals surface area contributed by atoms with Crippen LogP contribution < -0.4 is 10.6 Å². The Labute approximate surface area is 166 Å². The first-order chi connectivity index (χ1) is 12.9. The second-order valence-electron chi connectivity index (χ2n) is 8.77. The Bertz CT molecular complexity index is 477. The third-order valence-electron chi connectivity index (χ3n) is 6.24. The maximum Gasteiger partial charge on any atom is 0.243 e. The molecule has 0 radical (unpaired) electrons. The normalized spacial score (nSPS) is 26.5. The maximum absolute atomic E-state index is 11.9. The van der Waals surface area contributed by atoms with Gasteiger partial charge in [0.25, 0.3) is 0 Å². The van der Waals surface area contributed by atoms with Crippen molar-refractivity contribution in [2.75, 3.05) is 33.7 Å². The van der Waals surface area contributed by atoms with Gasteiger partial charge in [-0.2, -0.15) is 0 Å². The topological polar surface area (TPSA) is 60.0 Å². The minimum absolute atomic E-state index is 0.0308. The fraction of sp³-hybridized carbons (Fsp3) is 0.905. The number of carbonyl (C=O) groups is 1. The second-order valence-corrected chi connectivity index (χ2v) is 8.77. The number of likely N-dealkylation sites (N-methyl/N-ethyl adjacent to an activating group) is 1. The SMILES string of the molecule is CCC(C)NC(=NCC(=O)N(C)C)NC1CCC(N2CCC(C)CC2)CC1. The van der Waals surface area contributed by atoms with Gasteiger partial charge in [-0.3, -0.25) is 4.79 Å². The van der Waals surface area contributed by atoms with E-state index in [1.54, 1.807) is 19.0 Å². The van der Waals surface area contributed by atoms with Gasteiger partial charge in [0.2, 0.25) is 5.91 Å². The molecule has 0 aromatic carbocycles. The molecule has 2 rings (SSSR count). The highest BCUT2D eigenvalue weighted by Crippen LogP contribution is 2.27. The van der Waals surface area contributed by atoms with Gasteiger partial charge in [0.15, 0.2) is 5.96 Å². The van der Waals surface area contributed by atoms with E-state index in [9.17, 15) is 4.79 Å². The monoisotopic (exact) mass is 379 g/mol. The van der Waals surface area contributed by atoms with Crippen LogP contribution in [-0.2, 0) is 4.79 Å². The largest absolute Gasteiger partial charge is 0.354 e. The highest BCUT2D eigenvalue weighted by atomic mass is 16.2. The molecule has 0 aromatic heterocycles. The number of carbonyl (C=O) groups excluding carboxylic acids is 1. The van der Waals surface area contributed by atoms with Crippen molar-refractivity contribution in [2.45, 2.75) is 83.8 Å². The van der Waals surface area contributed by atoms with Gasteiger partial charge in [0.1, 0.15) is 6.54 Å². The smallest absolute Gasteiger partial charge is 0.243 e. The Morgan fingerprint density at radius 3 is 2.33 bits per heavy atom. The summed E-state index contributed by atoms with van der Waals surface area (Å²) in [4.78, 5) is 20.7. The van der Waals surface area contributed by atoms with E-state index in [0.717, 1.165) is 24.3 Å². The second kappa shape index (κ2) is 10.9. The number of aliphatic imine (C=N–C) groups is 1. The molecule has 1 amide bonds. The van der Waals surface area contributed by atoms with Crippen molar-refractivity contribution < 1.29 is 4.79 Å². The maximum atomic E-state index is 11.9. The van der Waals surface area contributed by atoms with Crippen LogP contribution in [0.5, 0.6) is 0 Å². The predicted octanol–water partition coefficient (Wildman–Crippen LogP) is 2.45. The van der Waals surface area contributed by atoms with Gasteiger partial charge in [0.05, 0.1) is 0 Å². The van der Waals surface area contributed by atoms with E-state index in [4.69, 9.17) is 0 Å². The van der Waals surface area contributed by atoms with Gasteiger partial charge >= 0.3 is 0 Å². The molecule has 2 N–H and O–H groups in total. The van der Waals surface area contributed by atoms with Gasteiger partial charge < -0.3 is 20.4 Å².